The number of furan rings is 1. The SMILES string of the molecule is O=C1NC(=O)C(=Cc2ccccc2Cc2ccco2)C(=O)N1. The first kappa shape index (κ1) is 13.8. The summed E-state index contributed by atoms with van der Waals surface area (Å²) in [7, 11) is 0. The number of hydrogen-bond acceptors (Lipinski definition) is 4. The number of barbiturate groups is 1. The predicted octanol–water partition coefficient (Wildman–Crippen LogP) is 1.62. The van der Waals surface area contributed by atoms with E-state index in [-0.39, 0.29) is 5.57 Å². The minimum absolute atomic E-state index is 0.105. The normalized spacial score (nSPS) is 14.5. The lowest BCUT2D eigenvalue weighted by molar-refractivity contribution is -0.123. The maximum absolute atomic E-state index is 11.8. The van der Waals surface area contributed by atoms with Crippen LogP contribution in [0.5, 0.6) is 0 Å². The molecule has 0 atom stereocenters. The number of imide groups is 2. The molecule has 22 heavy (non-hydrogen) atoms. The molecule has 2 N–H and O–H groups in total. The smallest absolute Gasteiger partial charge is 0.328 e. The van der Waals surface area contributed by atoms with Gasteiger partial charge in [-0.15, -0.1) is 0 Å². The molecule has 0 aliphatic carbocycles. The molecule has 1 aliphatic rings. The van der Waals surface area contributed by atoms with Crippen molar-refractivity contribution in [2.45, 2.75) is 6.42 Å². The van der Waals surface area contributed by atoms with Crippen LogP contribution in [0.4, 0.5) is 4.79 Å². The number of carbonyl (C=O) groups excluding carboxylic acids is 3. The second kappa shape index (κ2) is 5.69. The van der Waals surface area contributed by atoms with Crippen LogP contribution in [0.1, 0.15) is 16.9 Å². The maximum atomic E-state index is 11.8. The van der Waals surface area contributed by atoms with Crippen LogP contribution in [0.2, 0.25) is 0 Å². The molecular formula is C16H12N2O4. The Morgan fingerprint density at radius 1 is 0.955 bits per heavy atom. The highest BCUT2D eigenvalue weighted by Gasteiger charge is 2.27. The zero-order valence-corrected chi connectivity index (χ0v) is 11.5. The number of rotatable bonds is 3. The summed E-state index contributed by atoms with van der Waals surface area (Å²) in [5.41, 5.74) is 1.52. The fourth-order valence-electron chi connectivity index (χ4n) is 2.20. The first-order valence-corrected chi connectivity index (χ1v) is 6.62. The quantitative estimate of drug-likeness (QED) is 0.665. The van der Waals surface area contributed by atoms with Crippen molar-refractivity contribution in [1.29, 1.82) is 0 Å². The van der Waals surface area contributed by atoms with Gasteiger partial charge in [0.05, 0.1) is 6.26 Å². The van der Waals surface area contributed by atoms with Gasteiger partial charge in [0.2, 0.25) is 0 Å². The molecule has 1 aromatic heterocycles. The molecule has 0 unspecified atom stereocenters. The zero-order valence-electron chi connectivity index (χ0n) is 11.5. The summed E-state index contributed by atoms with van der Waals surface area (Å²) in [5.74, 6) is -0.637. The third-order valence-corrected chi connectivity index (χ3v) is 3.24. The summed E-state index contributed by atoms with van der Waals surface area (Å²) in [6, 6.07) is 10.2. The molecule has 0 radical (unpaired) electrons. The van der Waals surface area contributed by atoms with Crippen LogP contribution >= 0.6 is 0 Å². The van der Waals surface area contributed by atoms with Gasteiger partial charge in [0.1, 0.15) is 11.3 Å². The van der Waals surface area contributed by atoms with E-state index in [0.717, 1.165) is 11.3 Å². The molecule has 1 aliphatic heterocycles. The Labute approximate surface area is 125 Å². The van der Waals surface area contributed by atoms with Crippen LogP contribution in [0.25, 0.3) is 6.08 Å². The summed E-state index contributed by atoms with van der Waals surface area (Å²) in [6.07, 6.45) is 3.59. The molecule has 2 aromatic rings. The van der Waals surface area contributed by atoms with Crippen LogP contribution < -0.4 is 10.6 Å². The highest BCUT2D eigenvalue weighted by atomic mass is 16.3. The summed E-state index contributed by atoms with van der Waals surface area (Å²) in [5, 5.41) is 4.10. The summed E-state index contributed by atoms with van der Waals surface area (Å²) >= 11 is 0. The van der Waals surface area contributed by atoms with E-state index in [1.54, 1.807) is 18.4 Å². The molecule has 0 saturated carbocycles. The van der Waals surface area contributed by atoms with Gasteiger partial charge in [-0.05, 0) is 29.3 Å². The number of amides is 4. The molecule has 6 heteroatoms. The minimum atomic E-state index is -0.809. The molecule has 0 spiro atoms. The zero-order chi connectivity index (χ0) is 15.5. The number of nitrogens with one attached hydrogen (secondary N) is 2. The van der Waals surface area contributed by atoms with Gasteiger partial charge in [0.15, 0.2) is 0 Å². The number of benzene rings is 1. The van der Waals surface area contributed by atoms with Gasteiger partial charge >= 0.3 is 6.03 Å². The Morgan fingerprint density at radius 3 is 2.36 bits per heavy atom. The summed E-state index contributed by atoms with van der Waals surface area (Å²) < 4.78 is 5.31. The van der Waals surface area contributed by atoms with Crippen molar-refractivity contribution in [3.63, 3.8) is 0 Å². The van der Waals surface area contributed by atoms with Gasteiger partial charge in [0, 0.05) is 6.42 Å². The average molecular weight is 296 g/mol. The van der Waals surface area contributed by atoms with Crippen LogP contribution in [-0.2, 0) is 16.0 Å². The first-order chi connectivity index (χ1) is 10.6. The molecule has 3 rings (SSSR count). The van der Waals surface area contributed by atoms with Crippen molar-refractivity contribution in [2.75, 3.05) is 0 Å². The highest BCUT2D eigenvalue weighted by Crippen LogP contribution is 2.18. The van der Waals surface area contributed by atoms with Gasteiger partial charge in [-0.25, -0.2) is 4.79 Å². The van der Waals surface area contributed by atoms with Crippen LogP contribution in [0.3, 0.4) is 0 Å². The largest absolute Gasteiger partial charge is 0.469 e. The van der Waals surface area contributed by atoms with Crippen molar-refractivity contribution < 1.29 is 18.8 Å². The Kier molecular flexibility index (Phi) is 3.57. The third kappa shape index (κ3) is 2.80. The minimum Gasteiger partial charge on any atom is -0.469 e. The lowest BCUT2D eigenvalue weighted by Gasteiger charge is -2.14. The second-order valence-electron chi connectivity index (χ2n) is 4.75. The van der Waals surface area contributed by atoms with Crippen molar-refractivity contribution in [3.05, 3.63) is 65.1 Å². The molecule has 1 aromatic carbocycles. The van der Waals surface area contributed by atoms with Crippen molar-refractivity contribution >= 4 is 23.9 Å². The summed E-state index contributed by atoms with van der Waals surface area (Å²) in [4.78, 5) is 34.6. The highest BCUT2D eigenvalue weighted by molar-refractivity contribution is 6.31. The predicted molar refractivity (Wildman–Crippen MR) is 77.6 cm³/mol. The Morgan fingerprint density at radius 2 is 1.68 bits per heavy atom. The van der Waals surface area contributed by atoms with Crippen molar-refractivity contribution in [3.8, 4) is 0 Å². The molecule has 2 heterocycles. The van der Waals surface area contributed by atoms with Gasteiger partial charge in [-0.3, -0.25) is 20.2 Å². The van der Waals surface area contributed by atoms with E-state index < -0.39 is 17.8 Å². The molecule has 4 amide bonds. The maximum Gasteiger partial charge on any atom is 0.328 e. The molecule has 6 nitrogen and oxygen atoms in total. The lowest BCUT2D eigenvalue weighted by atomic mass is 10.00. The van der Waals surface area contributed by atoms with E-state index in [0.29, 0.717) is 12.0 Å². The fourth-order valence-corrected chi connectivity index (χ4v) is 2.20. The molecule has 1 saturated heterocycles. The van der Waals surface area contributed by atoms with E-state index in [4.69, 9.17) is 4.42 Å². The molecule has 1 fully saturated rings. The van der Waals surface area contributed by atoms with E-state index in [9.17, 15) is 14.4 Å². The molecular weight excluding hydrogens is 284 g/mol. The molecule has 110 valence electrons. The van der Waals surface area contributed by atoms with Gasteiger partial charge < -0.3 is 4.42 Å². The average Bonchev–Trinajstić information content (AvgIpc) is 2.97. The second-order valence-corrected chi connectivity index (χ2v) is 4.75. The van der Waals surface area contributed by atoms with Gasteiger partial charge in [-0.2, -0.15) is 0 Å². The third-order valence-electron chi connectivity index (χ3n) is 3.24. The van der Waals surface area contributed by atoms with Crippen LogP contribution in [0.15, 0.2) is 52.7 Å². The Hall–Kier alpha value is -3.15. The Balaban J connectivity index is 1.95. The van der Waals surface area contributed by atoms with Gasteiger partial charge in [0.25, 0.3) is 11.8 Å². The van der Waals surface area contributed by atoms with Gasteiger partial charge in [-0.1, -0.05) is 24.3 Å². The number of urea groups is 1. The van der Waals surface area contributed by atoms with E-state index in [1.807, 2.05) is 34.9 Å². The first-order valence-electron chi connectivity index (χ1n) is 6.62. The topological polar surface area (TPSA) is 88.4 Å². The molecule has 0 bridgehead atoms. The van der Waals surface area contributed by atoms with Crippen molar-refractivity contribution in [2.24, 2.45) is 0 Å². The standard InChI is InChI=1S/C16H12N2O4/c19-14-13(15(20)18-16(21)17-14)9-11-5-2-1-4-10(11)8-12-6-3-7-22-12/h1-7,9H,8H2,(H2,17,18,19,20,21). The summed E-state index contributed by atoms with van der Waals surface area (Å²) in [6.45, 7) is 0. The monoisotopic (exact) mass is 296 g/mol. The number of carbonyl (C=O) groups is 3. The van der Waals surface area contributed by atoms with Crippen molar-refractivity contribution in [1.82, 2.24) is 10.6 Å². The lowest BCUT2D eigenvalue weighted by Crippen LogP contribution is -2.51. The van der Waals surface area contributed by atoms with E-state index >= 15 is 0 Å². The Bertz CT molecular complexity index is 753. The van der Waals surface area contributed by atoms with E-state index in [1.165, 1.54) is 6.08 Å². The van der Waals surface area contributed by atoms with Crippen LogP contribution in [-0.4, -0.2) is 17.8 Å². The fraction of sp³-hybridized carbons (Fsp3) is 0.0625. The van der Waals surface area contributed by atoms with E-state index in [2.05, 4.69) is 0 Å². The number of hydrogen-bond donors (Lipinski definition) is 2. The van der Waals surface area contributed by atoms with Crippen LogP contribution in [0, 0.1) is 0 Å².